The summed E-state index contributed by atoms with van der Waals surface area (Å²) >= 11 is 0. The van der Waals surface area contributed by atoms with Crippen molar-refractivity contribution >= 4 is 11.8 Å². The molecule has 2 rings (SSSR count). The Balaban J connectivity index is 1.85. The lowest BCUT2D eigenvalue weighted by molar-refractivity contribution is -0.137. The van der Waals surface area contributed by atoms with Gasteiger partial charge in [-0.2, -0.15) is 0 Å². The van der Waals surface area contributed by atoms with E-state index in [1.807, 2.05) is 32.0 Å². The SMILES string of the molecule is COc1ccc(C)cc1[C@H](C)NC(=O)CCC(=O)N1CCOCC1. The third-order valence-electron chi connectivity index (χ3n) is 4.16. The molecular weight excluding hydrogens is 308 g/mol. The molecule has 1 heterocycles. The van der Waals surface area contributed by atoms with Gasteiger partial charge in [-0.15, -0.1) is 0 Å². The number of amides is 2. The number of ether oxygens (including phenoxy) is 2. The zero-order chi connectivity index (χ0) is 17.5. The van der Waals surface area contributed by atoms with E-state index in [4.69, 9.17) is 9.47 Å². The van der Waals surface area contributed by atoms with Gasteiger partial charge in [0.15, 0.2) is 0 Å². The maximum absolute atomic E-state index is 12.2. The van der Waals surface area contributed by atoms with E-state index < -0.39 is 0 Å². The van der Waals surface area contributed by atoms with Gasteiger partial charge < -0.3 is 19.7 Å². The average Bonchev–Trinajstić information content (AvgIpc) is 2.60. The fourth-order valence-electron chi connectivity index (χ4n) is 2.77. The van der Waals surface area contributed by atoms with E-state index in [0.717, 1.165) is 16.9 Å². The molecule has 1 fully saturated rings. The molecule has 0 saturated carbocycles. The Morgan fingerprint density at radius 2 is 2.00 bits per heavy atom. The minimum Gasteiger partial charge on any atom is -0.496 e. The largest absolute Gasteiger partial charge is 0.496 e. The molecule has 24 heavy (non-hydrogen) atoms. The van der Waals surface area contributed by atoms with Crippen molar-refractivity contribution < 1.29 is 19.1 Å². The Morgan fingerprint density at radius 3 is 2.67 bits per heavy atom. The lowest BCUT2D eigenvalue weighted by atomic mass is 10.0. The number of benzene rings is 1. The molecule has 0 unspecified atom stereocenters. The maximum Gasteiger partial charge on any atom is 0.223 e. The van der Waals surface area contributed by atoms with Gasteiger partial charge in [-0.25, -0.2) is 0 Å². The van der Waals surface area contributed by atoms with Gasteiger partial charge in [-0.1, -0.05) is 17.7 Å². The fourth-order valence-corrected chi connectivity index (χ4v) is 2.77. The lowest BCUT2D eigenvalue weighted by Gasteiger charge is -2.26. The maximum atomic E-state index is 12.2. The van der Waals surface area contributed by atoms with Crippen LogP contribution >= 0.6 is 0 Å². The van der Waals surface area contributed by atoms with Crippen molar-refractivity contribution in [1.29, 1.82) is 0 Å². The summed E-state index contributed by atoms with van der Waals surface area (Å²) in [5.41, 5.74) is 2.04. The van der Waals surface area contributed by atoms with E-state index in [1.54, 1.807) is 12.0 Å². The number of carbonyl (C=O) groups is 2. The first-order chi connectivity index (χ1) is 11.5. The Labute approximate surface area is 143 Å². The smallest absolute Gasteiger partial charge is 0.223 e. The number of hydrogen-bond acceptors (Lipinski definition) is 4. The van der Waals surface area contributed by atoms with Crippen LogP contribution in [0.3, 0.4) is 0 Å². The Kier molecular flexibility index (Phi) is 6.61. The van der Waals surface area contributed by atoms with Crippen LogP contribution in [-0.2, 0) is 14.3 Å². The minimum absolute atomic E-state index is 0.00855. The third kappa shape index (κ3) is 4.96. The highest BCUT2D eigenvalue weighted by Gasteiger charge is 2.19. The Bertz CT molecular complexity index is 582. The molecule has 1 aromatic rings. The van der Waals surface area contributed by atoms with Gasteiger partial charge in [0.25, 0.3) is 0 Å². The molecule has 0 radical (unpaired) electrons. The molecule has 1 aromatic carbocycles. The first-order valence-electron chi connectivity index (χ1n) is 8.30. The summed E-state index contributed by atoms with van der Waals surface area (Å²) in [6.07, 6.45) is 0.415. The predicted molar refractivity (Wildman–Crippen MR) is 90.9 cm³/mol. The molecule has 1 N–H and O–H groups in total. The molecule has 1 saturated heterocycles. The van der Waals surface area contributed by atoms with Crippen molar-refractivity contribution in [2.24, 2.45) is 0 Å². The van der Waals surface area contributed by atoms with Crippen LogP contribution in [0.2, 0.25) is 0 Å². The summed E-state index contributed by atoms with van der Waals surface area (Å²) in [5, 5.41) is 2.94. The first kappa shape index (κ1) is 18.3. The summed E-state index contributed by atoms with van der Waals surface area (Å²) in [7, 11) is 1.61. The van der Waals surface area contributed by atoms with E-state index in [2.05, 4.69) is 5.32 Å². The number of nitrogens with zero attached hydrogens (tertiary/aromatic N) is 1. The van der Waals surface area contributed by atoms with E-state index in [-0.39, 0.29) is 30.7 Å². The van der Waals surface area contributed by atoms with E-state index >= 15 is 0 Å². The van der Waals surface area contributed by atoms with Crippen LogP contribution in [0.4, 0.5) is 0 Å². The van der Waals surface area contributed by atoms with Gasteiger partial charge in [0.05, 0.1) is 26.4 Å². The first-order valence-corrected chi connectivity index (χ1v) is 8.30. The molecule has 6 heteroatoms. The van der Waals surface area contributed by atoms with Crippen molar-refractivity contribution in [3.63, 3.8) is 0 Å². The normalized spacial score (nSPS) is 15.7. The van der Waals surface area contributed by atoms with Gasteiger partial charge >= 0.3 is 0 Å². The Morgan fingerprint density at radius 1 is 1.29 bits per heavy atom. The van der Waals surface area contributed by atoms with Crippen LogP contribution in [0, 0.1) is 6.92 Å². The standard InChI is InChI=1S/C18H26N2O4/c1-13-4-5-16(23-3)15(12-13)14(2)19-17(21)6-7-18(22)20-8-10-24-11-9-20/h4-5,12,14H,6-11H2,1-3H3,(H,19,21)/t14-/m0/s1. The molecule has 1 atom stereocenters. The van der Waals surface area contributed by atoms with Gasteiger partial charge in [-0.3, -0.25) is 9.59 Å². The lowest BCUT2D eigenvalue weighted by Crippen LogP contribution is -2.41. The van der Waals surface area contributed by atoms with Gasteiger partial charge in [0.1, 0.15) is 5.75 Å². The zero-order valence-corrected chi connectivity index (χ0v) is 14.6. The van der Waals surface area contributed by atoms with Crippen LogP contribution in [0.25, 0.3) is 0 Å². The molecular formula is C18H26N2O4. The number of morpholine rings is 1. The van der Waals surface area contributed by atoms with E-state index in [9.17, 15) is 9.59 Å². The summed E-state index contributed by atoms with van der Waals surface area (Å²) in [6, 6.07) is 5.70. The molecule has 1 aliphatic rings. The second kappa shape index (κ2) is 8.68. The number of hydrogen-bond donors (Lipinski definition) is 1. The summed E-state index contributed by atoms with van der Waals surface area (Å²) < 4.78 is 10.6. The topological polar surface area (TPSA) is 67.9 Å². The van der Waals surface area contributed by atoms with Crippen molar-refractivity contribution in [2.45, 2.75) is 32.7 Å². The molecule has 0 spiro atoms. The predicted octanol–water partition coefficient (Wildman–Crippen LogP) is 1.82. The Hall–Kier alpha value is -2.08. The second-order valence-electron chi connectivity index (χ2n) is 6.03. The average molecular weight is 334 g/mol. The van der Waals surface area contributed by atoms with Crippen LogP contribution in [0.1, 0.15) is 36.9 Å². The van der Waals surface area contributed by atoms with Gasteiger partial charge in [0.2, 0.25) is 11.8 Å². The molecule has 6 nitrogen and oxygen atoms in total. The second-order valence-corrected chi connectivity index (χ2v) is 6.03. The van der Waals surface area contributed by atoms with Crippen molar-refractivity contribution in [1.82, 2.24) is 10.2 Å². The van der Waals surface area contributed by atoms with E-state index in [1.165, 1.54) is 0 Å². The highest BCUT2D eigenvalue weighted by Crippen LogP contribution is 2.26. The van der Waals surface area contributed by atoms with Crippen molar-refractivity contribution in [3.05, 3.63) is 29.3 Å². The number of rotatable bonds is 6. The highest BCUT2D eigenvalue weighted by atomic mass is 16.5. The van der Waals surface area contributed by atoms with Crippen molar-refractivity contribution in [3.8, 4) is 5.75 Å². The molecule has 0 aromatic heterocycles. The minimum atomic E-state index is -0.175. The van der Waals surface area contributed by atoms with E-state index in [0.29, 0.717) is 26.3 Å². The van der Waals surface area contributed by atoms with Crippen LogP contribution in [0.15, 0.2) is 18.2 Å². The fraction of sp³-hybridized carbons (Fsp3) is 0.556. The molecule has 2 amide bonds. The van der Waals surface area contributed by atoms with Crippen LogP contribution in [-0.4, -0.2) is 50.1 Å². The molecule has 1 aliphatic heterocycles. The number of methoxy groups -OCH3 is 1. The van der Waals surface area contributed by atoms with Crippen LogP contribution < -0.4 is 10.1 Å². The van der Waals surface area contributed by atoms with Crippen molar-refractivity contribution in [2.75, 3.05) is 33.4 Å². The quantitative estimate of drug-likeness (QED) is 0.862. The number of aryl methyl sites for hydroxylation is 1. The number of nitrogens with one attached hydrogen (secondary N) is 1. The highest BCUT2D eigenvalue weighted by molar-refractivity contribution is 5.84. The molecule has 0 bridgehead atoms. The monoisotopic (exact) mass is 334 g/mol. The number of carbonyl (C=O) groups excluding carboxylic acids is 2. The third-order valence-corrected chi connectivity index (χ3v) is 4.16. The van der Waals surface area contributed by atoms with Gasteiger partial charge in [0, 0.05) is 31.5 Å². The van der Waals surface area contributed by atoms with Gasteiger partial charge in [-0.05, 0) is 19.9 Å². The van der Waals surface area contributed by atoms with Crippen LogP contribution in [0.5, 0.6) is 5.75 Å². The summed E-state index contributed by atoms with van der Waals surface area (Å²) in [5.74, 6) is 0.625. The molecule has 132 valence electrons. The zero-order valence-electron chi connectivity index (χ0n) is 14.6. The summed E-state index contributed by atoms with van der Waals surface area (Å²) in [4.78, 5) is 26.0. The summed E-state index contributed by atoms with van der Waals surface area (Å²) in [6.45, 7) is 6.27. The molecule has 0 aliphatic carbocycles.